The Bertz CT molecular complexity index is 515. The Labute approximate surface area is 113 Å². The molecule has 0 saturated heterocycles. The first-order valence-electron chi connectivity index (χ1n) is 4.91. The van der Waals surface area contributed by atoms with E-state index >= 15 is 0 Å². The average Bonchev–Trinajstić information content (AvgIpc) is 2.18. The van der Waals surface area contributed by atoms with E-state index in [9.17, 15) is 13.2 Å². The molecule has 0 aliphatic heterocycles. The van der Waals surface area contributed by atoms with Crippen LogP contribution in [0.25, 0.3) is 0 Å². The molecule has 1 aromatic heterocycles. The van der Waals surface area contributed by atoms with E-state index in [2.05, 4.69) is 30.4 Å². The fourth-order valence-electron chi connectivity index (χ4n) is 0.965. The van der Waals surface area contributed by atoms with E-state index in [0.717, 1.165) is 0 Å². The minimum absolute atomic E-state index is 0.225. The number of pyridine rings is 1. The zero-order valence-corrected chi connectivity index (χ0v) is 12.1. The lowest BCUT2D eigenvalue weighted by molar-refractivity contribution is 0.121. The molecule has 0 fully saturated rings. The van der Waals surface area contributed by atoms with Crippen molar-refractivity contribution in [1.29, 1.82) is 0 Å². The Morgan fingerprint density at radius 1 is 1.44 bits per heavy atom. The van der Waals surface area contributed by atoms with E-state index < -0.39 is 22.4 Å². The van der Waals surface area contributed by atoms with Gasteiger partial charge < -0.3 is 4.74 Å². The monoisotopic (exact) mass is 337 g/mol. The fourth-order valence-corrected chi connectivity index (χ4v) is 1.95. The number of anilines is 1. The Morgan fingerprint density at radius 3 is 2.61 bits per heavy atom. The third-order valence-corrected chi connectivity index (χ3v) is 2.95. The number of rotatable bonds is 4. The van der Waals surface area contributed by atoms with Gasteiger partial charge in [-0.2, -0.15) is 8.42 Å². The molecule has 0 unspecified atom stereocenters. The summed E-state index contributed by atoms with van der Waals surface area (Å²) in [7, 11) is -4.02. The number of ether oxygens (including phenoxy) is 1. The largest absolute Gasteiger partial charge is 0.446 e. The summed E-state index contributed by atoms with van der Waals surface area (Å²) in [6.45, 7) is 3.22. The van der Waals surface area contributed by atoms with Gasteiger partial charge in [0, 0.05) is 0 Å². The quantitative estimate of drug-likeness (QED) is 0.814. The van der Waals surface area contributed by atoms with Crippen LogP contribution in [0.3, 0.4) is 0 Å². The molecule has 1 amide bonds. The highest BCUT2D eigenvalue weighted by Gasteiger charge is 2.16. The Hall–Kier alpha value is -1.35. The molecule has 1 aromatic rings. The molecule has 7 nitrogen and oxygen atoms in total. The topological polar surface area (TPSA) is 97.4 Å². The summed E-state index contributed by atoms with van der Waals surface area (Å²) in [6.07, 6.45) is -0.144. The Kier molecular flexibility index (Phi) is 4.91. The molecule has 9 heteroatoms. The number of carbonyl (C=O) groups is 1. The highest BCUT2D eigenvalue weighted by Crippen LogP contribution is 2.11. The normalized spacial score (nSPS) is 11.1. The van der Waals surface area contributed by atoms with Crippen molar-refractivity contribution in [3.05, 3.63) is 22.9 Å². The second kappa shape index (κ2) is 6.01. The molecule has 1 heterocycles. The number of hydrogen-bond acceptors (Lipinski definition) is 5. The van der Waals surface area contributed by atoms with E-state index in [1.54, 1.807) is 24.6 Å². The first kappa shape index (κ1) is 14.7. The van der Waals surface area contributed by atoms with Crippen molar-refractivity contribution in [1.82, 2.24) is 9.71 Å². The maximum Gasteiger partial charge on any atom is 0.422 e. The molecule has 2 N–H and O–H groups in total. The summed E-state index contributed by atoms with van der Waals surface area (Å²) in [5.74, 6) is 0. The van der Waals surface area contributed by atoms with Crippen LogP contribution in [0.2, 0.25) is 0 Å². The molecular weight excluding hydrogens is 326 g/mol. The molecule has 0 aliphatic carbocycles. The van der Waals surface area contributed by atoms with Gasteiger partial charge in [0.05, 0.1) is 18.0 Å². The van der Waals surface area contributed by atoms with Crippen molar-refractivity contribution in [3.8, 4) is 0 Å². The van der Waals surface area contributed by atoms with Gasteiger partial charge in [-0.15, -0.1) is 0 Å². The standard InChI is InChI=1S/C9H12BrN3O4S/c1-6(2)17-9(14)13-18(15,16)12-7-3-4-8(10)11-5-7/h3-6,12H,1-2H3,(H,13,14). The van der Waals surface area contributed by atoms with Crippen molar-refractivity contribution < 1.29 is 17.9 Å². The second-order valence-corrected chi connectivity index (χ2v) is 5.76. The Morgan fingerprint density at radius 2 is 2.11 bits per heavy atom. The molecule has 0 radical (unpaired) electrons. The van der Waals surface area contributed by atoms with Crippen LogP contribution in [0.4, 0.5) is 10.5 Å². The fraction of sp³-hybridized carbons (Fsp3) is 0.333. The summed E-state index contributed by atoms with van der Waals surface area (Å²) in [5, 5.41) is 0. The molecule has 0 saturated carbocycles. The number of amides is 1. The number of aromatic nitrogens is 1. The number of carbonyl (C=O) groups excluding carboxylic acids is 1. The molecule has 0 aromatic carbocycles. The summed E-state index contributed by atoms with van der Waals surface area (Å²) in [5.41, 5.74) is 0.225. The zero-order chi connectivity index (χ0) is 13.8. The summed E-state index contributed by atoms with van der Waals surface area (Å²) >= 11 is 3.11. The maximum absolute atomic E-state index is 11.5. The smallest absolute Gasteiger partial charge is 0.422 e. The molecular formula is C9H12BrN3O4S. The van der Waals surface area contributed by atoms with Crippen molar-refractivity contribution in [3.63, 3.8) is 0 Å². The number of halogens is 1. The van der Waals surface area contributed by atoms with E-state index in [1.165, 1.54) is 12.3 Å². The van der Waals surface area contributed by atoms with Gasteiger partial charge in [-0.1, -0.05) is 0 Å². The van der Waals surface area contributed by atoms with Crippen LogP contribution in [0.1, 0.15) is 13.8 Å². The van der Waals surface area contributed by atoms with Gasteiger partial charge in [0.1, 0.15) is 4.60 Å². The lowest BCUT2D eigenvalue weighted by Gasteiger charge is -2.11. The van der Waals surface area contributed by atoms with Crippen LogP contribution in [-0.4, -0.2) is 25.6 Å². The van der Waals surface area contributed by atoms with Crippen molar-refractivity contribution >= 4 is 37.9 Å². The van der Waals surface area contributed by atoms with E-state index in [1.807, 2.05) is 0 Å². The maximum atomic E-state index is 11.5. The minimum Gasteiger partial charge on any atom is -0.446 e. The van der Waals surface area contributed by atoms with Gasteiger partial charge in [-0.05, 0) is 41.9 Å². The molecule has 0 bridgehead atoms. The third-order valence-electron chi connectivity index (χ3n) is 1.54. The third kappa shape index (κ3) is 5.32. The first-order valence-corrected chi connectivity index (χ1v) is 7.19. The van der Waals surface area contributed by atoms with E-state index in [0.29, 0.717) is 4.60 Å². The van der Waals surface area contributed by atoms with Gasteiger partial charge in [0.15, 0.2) is 0 Å². The molecule has 0 aliphatic rings. The SMILES string of the molecule is CC(C)OC(=O)NS(=O)(=O)Nc1ccc(Br)nc1. The van der Waals surface area contributed by atoms with Gasteiger partial charge >= 0.3 is 16.3 Å². The second-order valence-electron chi connectivity index (χ2n) is 3.53. The van der Waals surface area contributed by atoms with Gasteiger partial charge in [0.2, 0.25) is 0 Å². The van der Waals surface area contributed by atoms with Crippen LogP contribution in [0, 0.1) is 0 Å². The number of hydrogen-bond donors (Lipinski definition) is 2. The molecule has 18 heavy (non-hydrogen) atoms. The summed E-state index contributed by atoms with van der Waals surface area (Å²) in [4.78, 5) is 15.0. The number of nitrogens with zero attached hydrogens (tertiary/aromatic N) is 1. The molecule has 0 spiro atoms. The van der Waals surface area contributed by atoms with Gasteiger partial charge in [-0.3, -0.25) is 4.72 Å². The van der Waals surface area contributed by atoms with Crippen molar-refractivity contribution in [2.24, 2.45) is 0 Å². The predicted molar refractivity (Wildman–Crippen MR) is 69.2 cm³/mol. The van der Waals surface area contributed by atoms with Crippen LogP contribution in [0.5, 0.6) is 0 Å². The molecule has 0 atom stereocenters. The zero-order valence-electron chi connectivity index (χ0n) is 9.68. The van der Waals surface area contributed by atoms with Crippen LogP contribution in [-0.2, 0) is 14.9 Å². The summed E-state index contributed by atoms with van der Waals surface area (Å²) in [6, 6.07) is 3.05. The number of nitrogens with one attached hydrogen (secondary N) is 2. The van der Waals surface area contributed by atoms with Crippen molar-refractivity contribution in [2.75, 3.05) is 4.72 Å². The Balaban J connectivity index is 2.65. The lowest BCUT2D eigenvalue weighted by atomic mass is 10.4. The highest BCUT2D eigenvalue weighted by atomic mass is 79.9. The van der Waals surface area contributed by atoms with Gasteiger partial charge in [0.25, 0.3) is 0 Å². The minimum atomic E-state index is -4.02. The first-order chi connectivity index (χ1) is 8.28. The van der Waals surface area contributed by atoms with E-state index in [4.69, 9.17) is 0 Å². The highest BCUT2D eigenvalue weighted by molar-refractivity contribution is 9.10. The predicted octanol–water partition coefficient (Wildman–Crippen LogP) is 1.64. The van der Waals surface area contributed by atoms with Crippen LogP contribution >= 0.6 is 15.9 Å². The lowest BCUT2D eigenvalue weighted by Crippen LogP contribution is -2.36. The van der Waals surface area contributed by atoms with E-state index in [-0.39, 0.29) is 5.69 Å². The van der Waals surface area contributed by atoms with Gasteiger partial charge in [-0.25, -0.2) is 14.5 Å². The van der Waals surface area contributed by atoms with Crippen LogP contribution in [0.15, 0.2) is 22.9 Å². The molecule has 1 rings (SSSR count). The van der Waals surface area contributed by atoms with Crippen LogP contribution < -0.4 is 9.44 Å². The van der Waals surface area contributed by atoms with Crippen molar-refractivity contribution in [2.45, 2.75) is 20.0 Å². The average molecular weight is 338 g/mol. The molecule has 100 valence electrons. The summed E-state index contributed by atoms with van der Waals surface area (Å²) < 4.78 is 32.1.